The Bertz CT molecular complexity index is 743. The smallest absolute Gasteiger partial charge is 0.0102 e. The molecule has 0 aromatic heterocycles. The molecule has 0 saturated carbocycles. The second-order valence-corrected chi connectivity index (χ2v) is 5.29. The molecule has 19 heavy (non-hydrogen) atoms. The van der Waals surface area contributed by atoms with Crippen molar-refractivity contribution >= 4 is 40.4 Å². The molecule has 0 aliphatic heterocycles. The molecule has 0 bridgehead atoms. The largest absolute Gasteiger partial charge is 0.0616 e. The summed E-state index contributed by atoms with van der Waals surface area (Å²) in [5, 5.41) is 5.64. The van der Waals surface area contributed by atoms with E-state index in [-0.39, 0.29) is 18.9 Å². The first kappa shape index (κ1) is 12.8. The van der Waals surface area contributed by atoms with Crippen molar-refractivity contribution in [1.82, 2.24) is 0 Å². The Morgan fingerprint density at radius 2 is 1.42 bits per heavy atom. The predicted octanol–water partition coefficient (Wildman–Crippen LogP) is 4.22. The quantitative estimate of drug-likeness (QED) is 0.407. The van der Waals surface area contributed by atoms with E-state index in [1.807, 2.05) is 0 Å². The van der Waals surface area contributed by atoms with E-state index in [0.717, 1.165) is 0 Å². The van der Waals surface area contributed by atoms with Crippen molar-refractivity contribution in [2.45, 2.75) is 25.7 Å². The van der Waals surface area contributed by atoms with Gasteiger partial charge in [0, 0.05) is 0 Å². The van der Waals surface area contributed by atoms with E-state index in [4.69, 9.17) is 0 Å². The zero-order valence-corrected chi connectivity index (χ0v) is 10.4. The van der Waals surface area contributed by atoms with Gasteiger partial charge < -0.3 is 0 Å². The van der Waals surface area contributed by atoms with Crippen molar-refractivity contribution < 1.29 is 0 Å². The standard InChI is InChI=1S/C18H16.Li.H/c1-3-7-15-13(5-1)9-11-18-16-8-4-2-6-14(16)10-12-17(15)18;;/h1,3,5,7,9-12H,2,4,6,8H2;;. The van der Waals surface area contributed by atoms with Gasteiger partial charge in [-0.2, -0.15) is 0 Å². The molecule has 0 unspecified atom stereocenters. The number of fused-ring (bicyclic) bond motifs is 5. The molecule has 0 radical (unpaired) electrons. The van der Waals surface area contributed by atoms with Crippen molar-refractivity contribution in [3.63, 3.8) is 0 Å². The Morgan fingerprint density at radius 1 is 0.632 bits per heavy atom. The van der Waals surface area contributed by atoms with Gasteiger partial charge in [0.05, 0.1) is 0 Å². The van der Waals surface area contributed by atoms with Gasteiger partial charge in [-0.25, -0.2) is 0 Å². The molecule has 90 valence electrons. The van der Waals surface area contributed by atoms with E-state index in [2.05, 4.69) is 48.5 Å². The molecule has 0 amide bonds. The van der Waals surface area contributed by atoms with E-state index >= 15 is 0 Å². The van der Waals surface area contributed by atoms with Crippen LogP contribution in [-0.4, -0.2) is 18.9 Å². The molecule has 0 nitrogen and oxygen atoms in total. The summed E-state index contributed by atoms with van der Waals surface area (Å²) < 4.78 is 0. The van der Waals surface area contributed by atoms with Crippen LogP contribution in [0, 0.1) is 0 Å². The third-order valence-electron chi connectivity index (χ3n) is 4.26. The zero-order valence-electron chi connectivity index (χ0n) is 10.4. The molecule has 4 rings (SSSR count). The fourth-order valence-corrected chi connectivity index (χ4v) is 3.34. The maximum atomic E-state index is 2.35. The molecule has 0 fully saturated rings. The van der Waals surface area contributed by atoms with Crippen molar-refractivity contribution in [3.8, 4) is 0 Å². The van der Waals surface area contributed by atoms with Crippen LogP contribution >= 0.6 is 0 Å². The molecule has 0 N–H and O–H groups in total. The summed E-state index contributed by atoms with van der Waals surface area (Å²) in [5.41, 5.74) is 3.17. The minimum Gasteiger partial charge on any atom is -0.0616 e. The molecular weight excluding hydrogens is 223 g/mol. The molecule has 0 atom stereocenters. The molecular formula is C18H17Li. The van der Waals surface area contributed by atoms with Crippen LogP contribution in [0.2, 0.25) is 0 Å². The van der Waals surface area contributed by atoms with Gasteiger partial charge in [-0.1, -0.05) is 48.5 Å². The average Bonchev–Trinajstić information content (AvgIpc) is 2.46. The van der Waals surface area contributed by atoms with Crippen molar-refractivity contribution in [3.05, 3.63) is 59.7 Å². The SMILES string of the molecule is [LiH].c1ccc2c(c1)ccc1c3c(ccc12)CCCC3. The summed E-state index contributed by atoms with van der Waals surface area (Å²) in [7, 11) is 0. The van der Waals surface area contributed by atoms with Crippen LogP contribution in [0.1, 0.15) is 24.0 Å². The average molecular weight is 240 g/mol. The van der Waals surface area contributed by atoms with E-state index < -0.39 is 0 Å². The van der Waals surface area contributed by atoms with Gasteiger partial charge >= 0.3 is 18.9 Å². The molecule has 3 aromatic carbocycles. The summed E-state index contributed by atoms with van der Waals surface area (Å²) in [6.07, 6.45) is 5.22. The third kappa shape index (κ3) is 2.00. The van der Waals surface area contributed by atoms with E-state index in [1.54, 1.807) is 11.1 Å². The minimum absolute atomic E-state index is 0. The molecule has 1 aliphatic rings. The van der Waals surface area contributed by atoms with Crippen LogP contribution in [0.3, 0.4) is 0 Å². The van der Waals surface area contributed by atoms with Crippen LogP contribution in [0.4, 0.5) is 0 Å². The van der Waals surface area contributed by atoms with Gasteiger partial charge in [0.25, 0.3) is 0 Å². The molecule has 0 heterocycles. The van der Waals surface area contributed by atoms with E-state index in [9.17, 15) is 0 Å². The van der Waals surface area contributed by atoms with Crippen LogP contribution in [0.15, 0.2) is 48.5 Å². The fourth-order valence-electron chi connectivity index (χ4n) is 3.34. The second kappa shape index (κ2) is 5.04. The van der Waals surface area contributed by atoms with Crippen LogP contribution in [0.5, 0.6) is 0 Å². The maximum Gasteiger partial charge on any atom is -0.0102 e. The molecule has 3 aromatic rings. The van der Waals surface area contributed by atoms with E-state index in [1.165, 1.54) is 47.2 Å². The van der Waals surface area contributed by atoms with Crippen LogP contribution in [0.25, 0.3) is 21.5 Å². The summed E-state index contributed by atoms with van der Waals surface area (Å²) >= 11 is 0. The minimum atomic E-state index is 0. The van der Waals surface area contributed by atoms with Gasteiger partial charge in [0.2, 0.25) is 0 Å². The molecule has 1 aliphatic carbocycles. The Balaban J connectivity index is 0.00000110. The van der Waals surface area contributed by atoms with E-state index in [0.29, 0.717) is 0 Å². The van der Waals surface area contributed by atoms with Gasteiger partial charge in [-0.3, -0.25) is 0 Å². The Hall–Kier alpha value is -1.22. The summed E-state index contributed by atoms with van der Waals surface area (Å²) in [6.45, 7) is 0. The van der Waals surface area contributed by atoms with Crippen LogP contribution in [-0.2, 0) is 12.8 Å². The van der Waals surface area contributed by atoms with Gasteiger partial charge in [-0.05, 0) is 58.4 Å². The first-order valence-electron chi connectivity index (χ1n) is 6.86. The first-order valence-corrected chi connectivity index (χ1v) is 6.86. The number of hydrogen-bond donors (Lipinski definition) is 0. The number of benzene rings is 3. The van der Waals surface area contributed by atoms with Gasteiger partial charge in [0.1, 0.15) is 0 Å². The van der Waals surface area contributed by atoms with Crippen molar-refractivity contribution in [2.75, 3.05) is 0 Å². The monoisotopic (exact) mass is 240 g/mol. The molecule has 0 saturated heterocycles. The first-order chi connectivity index (χ1) is 8.93. The molecule has 0 spiro atoms. The normalized spacial score (nSPS) is 14.1. The zero-order chi connectivity index (χ0) is 11.9. The Labute approximate surface area is 126 Å². The third-order valence-corrected chi connectivity index (χ3v) is 4.26. The van der Waals surface area contributed by atoms with Crippen LogP contribution < -0.4 is 0 Å². The Morgan fingerprint density at radius 3 is 2.37 bits per heavy atom. The number of aryl methyl sites for hydroxylation is 2. The van der Waals surface area contributed by atoms with Crippen molar-refractivity contribution in [1.29, 1.82) is 0 Å². The summed E-state index contributed by atoms with van der Waals surface area (Å²) in [5.74, 6) is 0. The fraction of sp³-hybridized carbons (Fsp3) is 0.222. The van der Waals surface area contributed by atoms with Gasteiger partial charge in [-0.15, -0.1) is 0 Å². The summed E-state index contributed by atoms with van der Waals surface area (Å²) in [6, 6.07) is 18.0. The van der Waals surface area contributed by atoms with Crippen molar-refractivity contribution in [2.24, 2.45) is 0 Å². The molecule has 1 heteroatoms. The topological polar surface area (TPSA) is 0 Å². The Kier molecular flexibility index (Phi) is 3.40. The summed E-state index contributed by atoms with van der Waals surface area (Å²) in [4.78, 5) is 0. The van der Waals surface area contributed by atoms with Gasteiger partial charge in [0.15, 0.2) is 0 Å². The maximum absolute atomic E-state index is 2.35. The number of rotatable bonds is 0. The number of hydrogen-bond acceptors (Lipinski definition) is 0. The second-order valence-electron chi connectivity index (χ2n) is 5.29. The predicted molar refractivity (Wildman–Crippen MR) is 85.2 cm³/mol.